The summed E-state index contributed by atoms with van der Waals surface area (Å²) in [6.45, 7) is 2.99. The van der Waals surface area contributed by atoms with Crippen molar-refractivity contribution in [1.82, 2.24) is 5.01 Å². The highest BCUT2D eigenvalue weighted by atomic mass is 16.5. The number of hydrogen-bond acceptors (Lipinski definition) is 3. The fourth-order valence-corrected chi connectivity index (χ4v) is 2.70. The molecule has 1 atom stereocenters. The molecule has 0 unspecified atom stereocenters. The summed E-state index contributed by atoms with van der Waals surface area (Å²) in [5, 5.41) is 1.96. The molecule has 2 rings (SSSR count). The van der Waals surface area contributed by atoms with Crippen molar-refractivity contribution in [3.8, 4) is 0 Å². The van der Waals surface area contributed by atoms with Crippen molar-refractivity contribution in [2.75, 3.05) is 26.8 Å². The predicted octanol–water partition coefficient (Wildman–Crippen LogP) is 0.609. The molecule has 0 radical (unpaired) electrons. The van der Waals surface area contributed by atoms with E-state index < -0.39 is 0 Å². The highest BCUT2D eigenvalue weighted by Gasteiger charge is 2.49. The van der Waals surface area contributed by atoms with E-state index in [0.29, 0.717) is 11.3 Å². The third-order valence-electron chi connectivity index (χ3n) is 3.56. The standard InChI is InChI=1S/C9H18N2O/c1-12-6-8-5-11(10)7-9(8)3-2-4-9/h8H,2-7,10H2,1H3/t8-/m0/s1. The molecule has 2 fully saturated rings. The fourth-order valence-electron chi connectivity index (χ4n) is 2.70. The average molecular weight is 170 g/mol. The monoisotopic (exact) mass is 170 g/mol. The van der Waals surface area contributed by atoms with Gasteiger partial charge < -0.3 is 4.74 Å². The molecular weight excluding hydrogens is 152 g/mol. The summed E-state index contributed by atoms with van der Waals surface area (Å²) in [7, 11) is 1.78. The van der Waals surface area contributed by atoms with Crippen molar-refractivity contribution in [3.05, 3.63) is 0 Å². The number of nitrogens with two attached hydrogens (primary N) is 1. The Kier molecular flexibility index (Phi) is 2.10. The molecule has 12 heavy (non-hydrogen) atoms. The quantitative estimate of drug-likeness (QED) is 0.617. The SMILES string of the molecule is COC[C@@H]1CN(N)CC12CCC2. The second-order valence-electron chi connectivity index (χ2n) is 4.30. The number of ether oxygens (including phenoxy) is 1. The van der Waals surface area contributed by atoms with E-state index in [1.807, 2.05) is 5.01 Å². The van der Waals surface area contributed by atoms with Crippen LogP contribution in [-0.4, -0.2) is 31.8 Å². The first-order valence-electron chi connectivity index (χ1n) is 4.75. The second-order valence-corrected chi connectivity index (χ2v) is 4.30. The Bertz CT molecular complexity index is 168. The van der Waals surface area contributed by atoms with Crippen LogP contribution < -0.4 is 5.84 Å². The summed E-state index contributed by atoms with van der Waals surface area (Å²) >= 11 is 0. The van der Waals surface area contributed by atoms with Gasteiger partial charge in [-0.1, -0.05) is 6.42 Å². The van der Waals surface area contributed by atoms with E-state index in [0.717, 1.165) is 19.7 Å². The summed E-state index contributed by atoms with van der Waals surface area (Å²) in [6.07, 6.45) is 4.09. The van der Waals surface area contributed by atoms with Crippen LogP contribution in [0.2, 0.25) is 0 Å². The summed E-state index contributed by atoms with van der Waals surface area (Å²) in [5.74, 6) is 6.50. The van der Waals surface area contributed by atoms with Crippen molar-refractivity contribution in [2.24, 2.45) is 17.2 Å². The van der Waals surface area contributed by atoms with Gasteiger partial charge in [0.25, 0.3) is 0 Å². The lowest BCUT2D eigenvalue weighted by Gasteiger charge is -2.42. The zero-order valence-electron chi connectivity index (χ0n) is 7.75. The summed E-state index contributed by atoms with van der Waals surface area (Å²) in [4.78, 5) is 0. The van der Waals surface area contributed by atoms with Crippen LogP contribution in [0.25, 0.3) is 0 Å². The highest BCUT2D eigenvalue weighted by Crippen LogP contribution is 2.50. The summed E-state index contributed by atoms with van der Waals surface area (Å²) in [5.41, 5.74) is 0.533. The van der Waals surface area contributed by atoms with Gasteiger partial charge in [-0.3, -0.25) is 5.84 Å². The van der Waals surface area contributed by atoms with Crippen LogP contribution in [-0.2, 0) is 4.74 Å². The highest BCUT2D eigenvalue weighted by molar-refractivity contribution is 5.00. The molecule has 0 aromatic rings. The Morgan fingerprint density at radius 2 is 2.33 bits per heavy atom. The zero-order valence-corrected chi connectivity index (χ0v) is 7.75. The first kappa shape index (κ1) is 8.48. The molecule has 0 aromatic heterocycles. The molecule has 0 amide bonds. The molecule has 70 valence electrons. The van der Waals surface area contributed by atoms with Crippen LogP contribution in [0, 0.1) is 11.3 Å². The van der Waals surface area contributed by atoms with Crippen molar-refractivity contribution >= 4 is 0 Å². The van der Waals surface area contributed by atoms with Gasteiger partial charge in [0.1, 0.15) is 0 Å². The average Bonchev–Trinajstić information content (AvgIpc) is 2.27. The number of methoxy groups -OCH3 is 1. The molecule has 3 nitrogen and oxygen atoms in total. The van der Waals surface area contributed by atoms with Crippen molar-refractivity contribution in [2.45, 2.75) is 19.3 Å². The van der Waals surface area contributed by atoms with Gasteiger partial charge in [-0.05, 0) is 18.3 Å². The van der Waals surface area contributed by atoms with E-state index in [9.17, 15) is 0 Å². The van der Waals surface area contributed by atoms with E-state index in [1.54, 1.807) is 7.11 Å². The Morgan fingerprint density at radius 1 is 1.58 bits per heavy atom. The maximum Gasteiger partial charge on any atom is 0.0509 e. The molecule has 3 heteroatoms. The Labute approximate surface area is 73.8 Å². The lowest BCUT2D eigenvalue weighted by atomic mass is 9.63. The van der Waals surface area contributed by atoms with E-state index in [1.165, 1.54) is 19.3 Å². The van der Waals surface area contributed by atoms with Gasteiger partial charge in [0, 0.05) is 26.1 Å². The molecule has 1 saturated heterocycles. The molecule has 0 bridgehead atoms. The molecule has 0 aromatic carbocycles. The van der Waals surface area contributed by atoms with Crippen LogP contribution in [0.3, 0.4) is 0 Å². The first-order valence-corrected chi connectivity index (χ1v) is 4.75. The fraction of sp³-hybridized carbons (Fsp3) is 1.00. The Morgan fingerprint density at radius 3 is 2.83 bits per heavy atom. The van der Waals surface area contributed by atoms with Crippen LogP contribution in [0.5, 0.6) is 0 Å². The number of nitrogens with zero attached hydrogens (tertiary/aromatic N) is 1. The van der Waals surface area contributed by atoms with Crippen molar-refractivity contribution < 1.29 is 4.74 Å². The van der Waals surface area contributed by atoms with Crippen LogP contribution in [0.15, 0.2) is 0 Å². The first-order chi connectivity index (χ1) is 5.77. The molecule has 2 aliphatic rings. The van der Waals surface area contributed by atoms with Crippen molar-refractivity contribution in [1.29, 1.82) is 0 Å². The van der Waals surface area contributed by atoms with Gasteiger partial charge >= 0.3 is 0 Å². The van der Waals surface area contributed by atoms with Gasteiger partial charge in [-0.2, -0.15) is 0 Å². The topological polar surface area (TPSA) is 38.5 Å². The lowest BCUT2D eigenvalue weighted by molar-refractivity contribution is 0.0368. The maximum atomic E-state index is 5.82. The number of rotatable bonds is 2. The minimum atomic E-state index is 0.533. The van der Waals surface area contributed by atoms with Crippen LogP contribution in [0.4, 0.5) is 0 Å². The summed E-state index contributed by atoms with van der Waals surface area (Å²) < 4.78 is 5.22. The van der Waals surface area contributed by atoms with E-state index in [4.69, 9.17) is 10.6 Å². The van der Waals surface area contributed by atoms with Crippen LogP contribution >= 0.6 is 0 Å². The largest absolute Gasteiger partial charge is 0.384 e. The second kappa shape index (κ2) is 2.98. The number of hydrogen-bond donors (Lipinski definition) is 1. The van der Waals surface area contributed by atoms with E-state index >= 15 is 0 Å². The normalized spacial score (nSPS) is 34.0. The zero-order chi connectivity index (χ0) is 8.60. The molecule has 1 saturated carbocycles. The molecule has 2 N–H and O–H groups in total. The molecule has 1 aliphatic heterocycles. The third-order valence-corrected chi connectivity index (χ3v) is 3.56. The lowest BCUT2D eigenvalue weighted by Crippen LogP contribution is -2.39. The van der Waals surface area contributed by atoms with Gasteiger partial charge in [0.2, 0.25) is 0 Å². The molecule has 1 heterocycles. The van der Waals surface area contributed by atoms with Crippen LogP contribution in [0.1, 0.15) is 19.3 Å². The molecule has 1 aliphatic carbocycles. The van der Waals surface area contributed by atoms with E-state index in [2.05, 4.69) is 0 Å². The van der Waals surface area contributed by atoms with Gasteiger partial charge in [0.05, 0.1) is 6.61 Å². The maximum absolute atomic E-state index is 5.82. The van der Waals surface area contributed by atoms with E-state index in [-0.39, 0.29) is 0 Å². The smallest absolute Gasteiger partial charge is 0.0509 e. The van der Waals surface area contributed by atoms with Crippen molar-refractivity contribution in [3.63, 3.8) is 0 Å². The number of hydrazine groups is 1. The minimum absolute atomic E-state index is 0.533. The van der Waals surface area contributed by atoms with Gasteiger partial charge in [0.15, 0.2) is 0 Å². The van der Waals surface area contributed by atoms with Gasteiger partial charge in [-0.15, -0.1) is 0 Å². The molecular formula is C9H18N2O. The van der Waals surface area contributed by atoms with Gasteiger partial charge in [-0.25, -0.2) is 5.01 Å². The Balaban J connectivity index is 2.00. The summed E-state index contributed by atoms with van der Waals surface area (Å²) in [6, 6.07) is 0. The minimum Gasteiger partial charge on any atom is -0.384 e. The third kappa shape index (κ3) is 1.16. The molecule has 1 spiro atoms. The Hall–Kier alpha value is -0.120. The predicted molar refractivity (Wildman–Crippen MR) is 47.4 cm³/mol.